The summed E-state index contributed by atoms with van der Waals surface area (Å²) < 4.78 is 46.2. The number of allylic oxidation sites excluding steroid dienone is 1. The number of hydrogen-bond acceptors (Lipinski definition) is 3. The number of hydrogen-bond donors (Lipinski definition) is 2. The van der Waals surface area contributed by atoms with Crippen LogP contribution in [0, 0.1) is 0 Å². The molecule has 1 amide bonds. The van der Waals surface area contributed by atoms with Crippen molar-refractivity contribution in [3.8, 4) is 5.75 Å². The predicted molar refractivity (Wildman–Crippen MR) is 112 cm³/mol. The highest BCUT2D eigenvalue weighted by Crippen LogP contribution is 2.39. The van der Waals surface area contributed by atoms with Gasteiger partial charge in [0.15, 0.2) is 5.11 Å². The van der Waals surface area contributed by atoms with Crippen LogP contribution in [0.5, 0.6) is 5.75 Å². The number of rotatable bonds is 4. The molecule has 0 saturated carbocycles. The highest BCUT2D eigenvalue weighted by atomic mass is 32.1. The summed E-state index contributed by atoms with van der Waals surface area (Å²) in [6, 6.07) is 10.9. The Hall–Kier alpha value is -3.07. The molecule has 0 bridgehead atoms. The number of carbonyl (C=O) groups is 1. The number of thiocarbonyl (C=S) groups is 1. The van der Waals surface area contributed by atoms with Crippen LogP contribution in [0.4, 0.5) is 18.9 Å². The number of carbonyl (C=O) groups excluding carboxylic acids is 1. The van der Waals surface area contributed by atoms with Crippen molar-refractivity contribution in [1.82, 2.24) is 10.2 Å². The van der Waals surface area contributed by atoms with Crippen LogP contribution in [0.25, 0.3) is 0 Å². The summed E-state index contributed by atoms with van der Waals surface area (Å²) in [6.45, 7) is 1.65. The van der Waals surface area contributed by atoms with Crippen molar-refractivity contribution >= 4 is 28.9 Å². The van der Waals surface area contributed by atoms with E-state index in [4.69, 9.17) is 17.0 Å². The fourth-order valence-corrected chi connectivity index (χ4v) is 3.56. The average molecular weight is 435 g/mol. The molecule has 0 spiro atoms. The Bertz CT molecular complexity index is 1020. The van der Waals surface area contributed by atoms with Gasteiger partial charge < -0.3 is 20.3 Å². The lowest BCUT2D eigenvalue weighted by Gasteiger charge is -2.36. The van der Waals surface area contributed by atoms with E-state index in [1.807, 2.05) is 0 Å². The molecular weight excluding hydrogens is 415 g/mol. The van der Waals surface area contributed by atoms with Crippen LogP contribution in [-0.4, -0.2) is 30.1 Å². The van der Waals surface area contributed by atoms with Crippen LogP contribution in [0.3, 0.4) is 0 Å². The number of amides is 1. The summed E-state index contributed by atoms with van der Waals surface area (Å²) >= 11 is 5.28. The number of para-hydroxylation sites is 2. The van der Waals surface area contributed by atoms with Gasteiger partial charge in [-0.2, -0.15) is 13.2 Å². The van der Waals surface area contributed by atoms with Crippen LogP contribution in [0.15, 0.2) is 59.8 Å². The number of benzene rings is 2. The molecule has 9 heteroatoms. The molecule has 5 nitrogen and oxygen atoms in total. The van der Waals surface area contributed by atoms with E-state index in [-0.39, 0.29) is 16.2 Å². The number of nitrogens with one attached hydrogen (secondary N) is 2. The quantitative estimate of drug-likeness (QED) is 0.694. The van der Waals surface area contributed by atoms with Crippen LogP contribution in [-0.2, 0) is 11.0 Å². The van der Waals surface area contributed by atoms with Crippen LogP contribution in [0.2, 0.25) is 0 Å². The van der Waals surface area contributed by atoms with E-state index in [0.29, 0.717) is 17.1 Å². The van der Waals surface area contributed by atoms with Gasteiger partial charge in [-0.25, -0.2) is 0 Å². The van der Waals surface area contributed by atoms with E-state index in [2.05, 4.69) is 10.6 Å². The Labute approximate surface area is 177 Å². The molecule has 3 rings (SSSR count). The third-order valence-corrected chi connectivity index (χ3v) is 5.32. The maximum Gasteiger partial charge on any atom is 0.416 e. The summed E-state index contributed by atoms with van der Waals surface area (Å²) in [4.78, 5) is 14.8. The van der Waals surface area contributed by atoms with E-state index in [1.165, 1.54) is 25.3 Å². The number of nitrogens with zero attached hydrogens (tertiary/aromatic N) is 1. The zero-order valence-corrected chi connectivity index (χ0v) is 17.3. The van der Waals surface area contributed by atoms with E-state index < -0.39 is 23.7 Å². The molecule has 1 unspecified atom stereocenters. The minimum Gasteiger partial charge on any atom is -0.495 e. The fourth-order valence-electron chi connectivity index (χ4n) is 3.31. The maximum atomic E-state index is 13.6. The predicted octanol–water partition coefficient (Wildman–Crippen LogP) is 4.49. The third kappa shape index (κ3) is 4.11. The first kappa shape index (κ1) is 21.6. The molecule has 30 heavy (non-hydrogen) atoms. The SMILES string of the molecule is COc1ccccc1NC(=O)C1=C(C)N(C)C(=S)NC1c1ccccc1C(F)(F)F. The first-order valence-electron chi connectivity index (χ1n) is 9.00. The van der Waals surface area contributed by atoms with Crippen molar-refractivity contribution in [3.63, 3.8) is 0 Å². The molecule has 1 atom stereocenters. The minimum atomic E-state index is -4.58. The van der Waals surface area contributed by atoms with Gasteiger partial charge in [0, 0.05) is 12.7 Å². The molecule has 1 aliphatic heterocycles. The summed E-state index contributed by atoms with van der Waals surface area (Å²) in [5.74, 6) is -0.121. The van der Waals surface area contributed by atoms with Gasteiger partial charge in [0.25, 0.3) is 5.91 Å². The topological polar surface area (TPSA) is 53.6 Å². The van der Waals surface area contributed by atoms with Crippen molar-refractivity contribution in [2.75, 3.05) is 19.5 Å². The van der Waals surface area contributed by atoms with Crippen molar-refractivity contribution in [2.24, 2.45) is 0 Å². The first-order chi connectivity index (χ1) is 14.1. The van der Waals surface area contributed by atoms with Crippen molar-refractivity contribution in [3.05, 3.63) is 70.9 Å². The molecule has 1 heterocycles. The van der Waals surface area contributed by atoms with Gasteiger partial charge in [0.1, 0.15) is 5.75 Å². The van der Waals surface area contributed by atoms with E-state index in [1.54, 1.807) is 43.1 Å². The Morgan fingerprint density at radius 1 is 1.17 bits per heavy atom. The Kier molecular flexibility index (Phi) is 6.02. The normalized spacial score (nSPS) is 16.9. The summed E-state index contributed by atoms with van der Waals surface area (Å²) in [5, 5.41) is 5.85. The second-order valence-corrected chi connectivity index (χ2v) is 7.07. The van der Waals surface area contributed by atoms with Crippen molar-refractivity contribution < 1.29 is 22.7 Å². The smallest absolute Gasteiger partial charge is 0.416 e. The second-order valence-electron chi connectivity index (χ2n) is 6.68. The zero-order valence-electron chi connectivity index (χ0n) is 16.5. The van der Waals surface area contributed by atoms with Gasteiger partial charge in [0.05, 0.1) is 30.0 Å². The molecular formula is C21H20F3N3O2S. The number of anilines is 1. The van der Waals surface area contributed by atoms with Crippen molar-refractivity contribution in [2.45, 2.75) is 19.1 Å². The van der Waals surface area contributed by atoms with Gasteiger partial charge >= 0.3 is 6.18 Å². The molecule has 1 aliphatic rings. The van der Waals surface area contributed by atoms with Gasteiger partial charge in [-0.05, 0) is 42.9 Å². The van der Waals surface area contributed by atoms with E-state index in [9.17, 15) is 18.0 Å². The number of alkyl halides is 3. The van der Waals surface area contributed by atoms with Crippen LogP contribution in [0.1, 0.15) is 24.1 Å². The highest BCUT2D eigenvalue weighted by molar-refractivity contribution is 7.80. The molecule has 0 aliphatic carbocycles. The largest absolute Gasteiger partial charge is 0.495 e. The lowest BCUT2D eigenvalue weighted by Crippen LogP contribution is -2.47. The number of methoxy groups -OCH3 is 1. The molecule has 0 aromatic heterocycles. The molecule has 2 aromatic carbocycles. The number of ether oxygens (including phenoxy) is 1. The standard InChI is InChI=1S/C21H20F3N3O2S/c1-12-17(19(28)25-15-10-6-7-11-16(15)29-3)18(26-20(30)27(12)2)13-8-4-5-9-14(13)21(22,23)24/h4-11,18H,1-3H3,(H,25,28)(H,26,30). The lowest BCUT2D eigenvalue weighted by molar-refractivity contribution is -0.138. The summed E-state index contributed by atoms with van der Waals surface area (Å²) in [7, 11) is 3.11. The van der Waals surface area contributed by atoms with Gasteiger partial charge in [-0.1, -0.05) is 30.3 Å². The highest BCUT2D eigenvalue weighted by Gasteiger charge is 2.39. The van der Waals surface area contributed by atoms with Crippen molar-refractivity contribution in [1.29, 1.82) is 0 Å². The Morgan fingerprint density at radius 3 is 2.47 bits per heavy atom. The molecule has 0 fully saturated rings. The number of halogens is 3. The molecule has 2 aromatic rings. The monoisotopic (exact) mass is 435 g/mol. The summed E-state index contributed by atoms with van der Waals surface area (Å²) in [5.41, 5.74) is 0.0843. The fraction of sp³-hybridized carbons (Fsp3) is 0.238. The zero-order chi connectivity index (χ0) is 22.1. The Morgan fingerprint density at radius 2 is 1.80 bits per heavy atom. The molecule has 158 valence electrons. The van der Waals surface area contributed by atoms with Gasteiger partial charge in [0.2, 0.25) is 0 Å². The van der Waals surface area contributed by atoms with E-state index in [0.717, 1.165) is 6.07 Å². The van der Waals surface area contributed by atoms with Gasteiger partial charge in [-0.3, -0.25) is 4.79 Å². The maximum absolute atomic E-state index is 13.6. The third-order valence-electron chi connectivity index (χ3n) is 4.93. The van der Waals surface area contributed by atoms with Gasteiger partial charge in [-0.15, -0.1) is 0 Å². The summed E-state index contributed by atoms with van der Waals surface area (Å²) in [6.07, 6.45) is -4.58. The second kappa shape index (κ2) is 8.35. The molecule has 2 N–H and O–H groups in total. The lowest BCUT2D eigenvalue weighted by atomic mass is 9.90. The Balaban J connectivity index is 2.10. The minimum absolute atomic E-state index is 0.0787. The van der Waals surface area contributed by atoms with E-state index >= 15 is 0 Å². The molecule has 0 radical (unpaired) electrons. The van der Waals surface area contributed by atoms with Crippen LogP contribution >= 0.6 is 12.2 Å². The average Bonchev–Trinajstić information content (AvgIpc) is 2.71. The molecule has 0 saturated heterocycles. The van der Waals surface area contributed by atoms with Crippen LogP contribution < -0.4 is 15.4 Å². The first-order valence-corrected chi connectivity index (χ1v) is 9.41.